The maximum absolute atomic E-state index is 12.8. The fourth-order valence-corrected chi connectivity index (χ4v) is 5.66. The number of nitrogens with zero attached hydrogens (tertiary/aromatic N) is 4. The third-order valence-corrected chi connectivity index (χ3v) is 7.91. The van der Waals surface area contributed by atoms with Crippen LogP contribution in [0.25, 0.3) is 27.8 Å². The maximum Gasteiger partial charge on any atom is 0.223 e. The van der Waals surface area contributed by atoms with Gasteiger partial charge in [0.1, 0.15) is 29.1 Å². The number of para-hydroxylation sites is 1. The first-order chi connectivity index (χ1) is 21.6. The quantitative estimate of drug-likeness (QED) is 0.152. The maximum atomic E-state index is 12.8. The van der Waals surface area contributed by atoms with Gasteiger partial charge in [-0.25, -0.2) is 14.5 Å². The Kier molecular flexibility index (Phi) is 11.4. The first-order valence-electron chi connectivity index (χ1n) is 15.3. The highest BCUT2D eigenvalue weighted by molar-refractivity contribution is 5.93. The highest BCUT2D eigenvalue weighted by atomic mass is 16.6. The fraction of sp³-hybridized carbons (Fsp3) is 0.548. The van der Waals surface area contributed by atoms with Gasteiger partial charge >= 0.3 is 0 Å². The van der Waals surface area contributed by atoms with E-state index in [2.05, 4.69) is 20.4 Å². The number of carbonyl (C=O) groups excluding carboxylic acids is 1. The van der Waals surface area contributed by atoms with Crippen LogP contribution < -0.4 is 15.8 Å². The molecule has 1 aliphatic rings. The molecule has 0 unspecified atom stereocenters. The van der Waals surface area contributed by atoms with Crippen molar-refractivity contribution in [3.05, 3.63) is 36.4 Å². The Morgan fingerprint density at radius 3 is 2.43 bits per heavy atom. The molecule has 0 aliphatic heterocycles. The number of imidazole rings is 1. The van der Waals surface area contributed by atoms with E-state index in [1.165, 1.54) is 6.33 Å². The van der Waals surface area contributed by atoms with Crippen molar-refractivity contribution in [2.24, 2.45) is 5.92 Å². The van der Waals surface area contributed by atoms with E-state index in [9.17, 15) is 4.79 Å². The van der Waals surface area contributed by atoms with Gasteiger partial charge in [-0.05, 0) is 44.7 Å². The summed E-state index contributed by atoms with van der Waals surface area (Å²) in [4.78, 5) is 25.6. The number of nitrogens with one attached hydrogen (secondary N) is 2. The van der Waals surface area contributed by atoms with E-state index in [0.717, 1.165) is 53.9 Å². The normalized spacial score (nSPS) is 17.0. The lowest BCUT2D eigenvalue weighted by Crippen LogP contribution is -2.35. The molecule has 1 amide bonds. The van der Waals surface area contributed by atoms with Crippen molar-refractivity contribution >= 4 is 28.1 Å². The van der Waals surface area contributed by atoms with Crippen LogP contribution >= 0.6 is 0 Å². The molecule has 1 aromatic carbocycles. The smallest absolute Gasteiger partial charge is 0.223 e. The molecule has 1 saturated carbocycles. The monoisotopic (exact) mass is 609 g/mol. The van der Waals surface area contributed by atoms with Gasteiger partial charge in [-0.3, -0.25) is 4.79 Å². The topological polar surface area (TPSA) is 160 Å². The van der Waals surface area contributed by atoms with Gasteiger partial charge < -0.3 is 39.7 Å². The molecule has 0 radical (unpaired) electrons. The third-order valence-electron chi connectivity index (χ3n) is 7.91. The SMILES string of the molecule is CCOCCOCCOCCOCCNC(=O)C1CCC(c2nc(-c3cc4cccc(OC)c4[nH]3)c3c(N)ncnn23)CC1. The van der Waals surface area contributed by atoms with Gasteiger partial charge in [0, 0.05) is 30.4 Å². The number of nitrogens with two attached hydrogens (primary N) is 1. The van der Waals surface area contributed by atoms with Gasteiger partial charge in [-0.2, -0.15) is 5.10 Å². The van der Waals surface area contributed by atoms with Gasteiger partial charge in [0.15, 0.2) is 5.82 Å². The van der Waals surface area contributed by atoms with Gasteiger partial charge in [0.2, 0.25) is 5.91 Å². The first kappa shape index (κ1) is 31.6. The molecule has 0 spiro atoms. The van der Waals surface area contributed by atoms with Crippen molar-refractivity contribution in [2.45, 2.75) is 38.5 Å². The summed E-state index contributed by atoms with van der Waals surface area (Å²) in [5.74, 6) is 2.13. The van der Waals surface area contributed by atoms with E-state index < -0.39 is 0 Å². The highest BCUT2D eigenvalue weighted by Crippen LogP contribution is 2.39. The summed E-state index contributed by atoms with van der Waals surface area (Å²) in [5, 5.41) is 8.55. The second-order valence-corrected chi connectivity index (χ2v) is 10.7. The van der Waals surface area contributed by atoms with Crippen molar-refractivity contribution in [1.29, 1.82) is 0 Å². The van der Waals surface area contributed by atoms with Crippen LogP contribution in [0.15, 0.2) is 30.6 Å². The van der Waals surface area contributed by atoms with Crippen LogP contribution in [-0.4, -0.2) is 97.0 Å². The van der Waals surface area contributed by atoms with Gasteiger partial charge in [0.25, 0.3) is 0 Å². The minimum absolute atomic E-state index is 0.0381. The van der Waals surface area contributed by atoms with E-state index in [4.69, 9.17) is 34.4 Å². The number of carbonyl (C=O) groups is 1. The van der Waals surface area contributed by atoms with Crippen LogP contribution in [0.4, 0.5) is 5.82 Å². The van der Waals surface area contributed by atoms with Crippen molar-refractivity contribution in [3.63, 3.8) is 0 Å². The Morgan fingerprint density at radius 1 is 1.02 bits per heavy atom. The summed E-state index contributed by atoms with van der Waals surface area (Å²) in [6.45, 7) is 6.75. The summed E-state index contributed by atoms with van der Waals surface area (Å²) in [7, 11) is 1.65. The molecule has 1 aliphatic carbocycles. The van der Waals surface area contributed by atoms with E-state index in [0.29, 0.717) is 76.4 Å². The molecule has 0 saturated heterocycles. The highest BCUT2D eigenvalue weighted by Gasteiger charge is 2.31. The molecule has 1 fully saturated rings. The van der Waals surface area contributed by atoms with Gasteiger partial charge in [-0.15, -0.1) is 0 Å². The lowest BCUT2D eigenvalue weighted by Gasteiger charge is -2.26. The first-order valence-corrected chi connectivity index (χ1v) is 15.3. The molecular formula is C31H43N7O6. The molecule has 3 heterocycles. The Morgan fingerprint density at radius 2 is 1.73 bits per heavy atom. The van der Waals surface area contributed by atoms with Gasteiger partial charge in [-0.1, -0.05) is 12.1 Å². The average molecular weight is 610 g/mol. The lowest BCUT2D eigenvalue weighted by molar-refractivity contribution is -0.126. The molecule has 4 aromatic rings. The van der Waals surface area contributed by atoms with Gasteiger partial charge in [0.05, 0.1) is 64.6 Å². The number of ether oxygens (including phenoxy) is 5. The van der Waals surface area contributed by atoms with E-state index in [1.807, 2.05) is 35.7 Å². The predicted octanol–water partition coefficient (Wildman–Crippen LogP) is 3.34. The minimum Gasteiger partial charge on any atom is -0.495 e. The van der Waals surface area contributed by atoms with E-state index in [1.54, 1.807) is 7.11 Å². The largest absolute Gasteiger partial charge is 0.495 e. The summed E-state index contributed by atoms with van der Waals surface area (Å²) in [6.07, 6.45) is 4.64. The average Bonchev–Trinajstić information content (AvgIpc) is 3.66. The number of fused-ring (bicyclic) bond motifs is 2. The number of amides is 1. The van der Waals surface area contributed by atoms with Crippen LogP contribution in [0, 0.1) is 5.92 Å². The Hall–Kier alpha value is -3.78. The Labute approximate surface area is 256 Å². The molecule has 44 heavy (non-hydrogen) atoms. The number of nitrogen functional groups attached to an aromatic ring is 1. The third kappa shape index (κ3) is 7.65. The van der Waals surface area contributed by atoms with Crippen molar-refractivity contribution in [1.82, 2.24) is 29.9 Å². The minimum atomic E-state index is -0.0381. The number of aromatic nitrogens is 5. The molecule has 4 N–H and O–H groups in total. The second-order valence-electron chi connectivity index (χ2n) is 10.7. The lowest BCUT2D eigenvalue weighted by atomic mass is 9.81. The number of anilines is 1. The number of H-pyrrole nitrogens is 1. The van der Waals surface area contributed by atoms with Crippen LogP contribution in [0.5, 0.6) is 5.75 Å². The van der Waals surface area contributed by atoms with Crippen LogP contribution in [0.2, 0.25) is 0 Å². The number of aromatic amines is 1. The van der Waals surface area contributed by atoms with Crippen LogP contribution in [0.1, 0.15) is 44.3 Å². The second kappa shape index (κ2) is 15.8. The molecule has 13 heteroatoms. The number of benzene rings is 1. The number of methoxy groups -OCH3 is 1. The van der Waals surface area contributed by atoms with Crippen LogP contribution in [0.3, 0.4) is 0 Å². The number of rotatable bonds is 17. The zero-order valence-corrected chi connectivity index (χ0v) is 25.5. The predicted molar refractivity (Wildman–Crippen MR) is 166 cm³/mol. The van der Waals surface area contributed by atoms with Crippen molar-refractivity contribution in [3.8, 4) is 17.1 Å². The summed E-state index contributed by atoms with van der Waals surface area (Å²) in [6, 6.07) is 7.93. The standard InChI is InChI=1S/C31H43N7O6/c1-3-41-13-14-43-17-18-44-16-15-42-12-11-33-31(39)22-9-7-21(8-10-22)30-37-27(28-29(32)34-20-35-38(28)30)24-19-23-5-4-6-25(40-2)26(23)36-24/h4-6,19-22,36H,3,7-18H2,1-2H3,(H,33,39)(H2,32,34,35). The summed E-state index contributed by atoms with van der Waals surface area (Å²) >= 11 is 0. The fourth-order valence-electron chi connectivity index (χ4n) is 5.66. The van der Waals surface area contributed by atoms with E-state index >= 15 is 0 Å². The zero-order valence-electron chi connectivity index (χ0n) is 25.5. The summed E-state index contributed by atoms with van der Waals surface area (Å²) < 4.78 is 29.0. The Balaban J connectivity index is 1.09. The number of hydrogen-bond acceptors (Lipinski definition) is 10. The molecular weight excluding hydrogens is 566 g/mol. The van der Waals surface area contributed by atoms with Crippen molar-refractivity contribution in [2.75, 3.05) is 72.2 Å². The zero-order chi connectivity index (χ0) is 30.7. The Bertz CT molecular complexity index is 1500. The van der Waals surface area contributed by atoms with Crippen molar-refractivity contribution < 1.29 is 28.5 Å². The molecule has 3 aromatic heterocycles. The molecule has 13 nitrogen and oxygen atoms in total. The molecule has 0 atom stereocenters. The molecule has 5 rings (SSSR count). The number of hydrogen-bond donors (Lipinski definition) is 3. The molecule has 238 valence electrons. The molecule has 0 bridgehead atoms. The summed E-state index contributed by atoms with van der Waals surface area (Å²) in [5.41, 5.74) is 9.42. The van der Waals surface area contributed by atoms with Crippen LogP contribution in [-0.2, 0) is 23.7 Å². The van der Waals surface area contributed by atoms with E-state index in [-0.39, 0.29) is 17.7 Å².